The van der Waals surface area contributed by atoms with Crippen molar-refractivity contribution < 1.29 is 10.0 Å². The van der Waals surface area contributed by atoms with Gasteiger partial charge < -0.3 is 15.7 Å². The highest BCUT2D eigenvalue weighted by atomic mass is 16.6. The molecule has 4 aromatic rings. The van der Waals surface area contributed by atoms with Gasteiger partial charge in [-0.3, -0.25) is 10.1 Å². The number of hydrogen-bond donors (Lipinski definition) is 4. The van der Waals surface area contributed by atoms with Crippen LogP contribution in [0.5, 0.6) is 5.75 Å². The maximum absolute atomic E-state index is 11.0. The number of nitrogens with zero attached hydrogens (tertiary/aromatic N) is 5. The van der Waals surface area contributed by atoms with Crippen LogP contribution in [0.3, 0.4) is 0 Å². The van der Waals surface area contributed by atoms with E-state index in [0.717, 1.165) is 11.4 Å². The highest BCUT2D eigenvalue weighted by Crippen LogP contribution is 2.28. The smallest absolute Gasteiger partial charge is 0.311 e. The Morgan fingerprint density at radius 1 is 0.788 bits per heavy atom. The van der Waals surface area contributed by atoms with Crippen LogP contribution in [0.4, 0.5) is 34.9 Å². The molecule has 0 radical (unpaired) electrons. The quantitative estimate of drug-likeness (QED) is 0.177. The maximum Gasteiger partial charge on any atom is 0.311 e. The van der Waals surface area contributed by atoms with Gasteiger partial charge in [0.15, 0.2) is 0 Å². The molecule has 0 aliphatic rings. The van der Waals surface area contributed by atoms with Crippen molar-refractivity contribution in [2.24, 2.45) is 5.10 Å². The van der Waals surface area contributed by atoms with Crippen molar-refractivity contribution >= 4 is 41.1 Å². The lowest BCUT2D eigenvalue weighted by Crippen LogP contribution is -2.07. The average Bonchev–Trinajstić information content (AvgIpc) is 2.81. The van der Waals surface area contributed by atoms with Crippen LogP contribution in [0, 0.1) is 10.1 Å². The Hall–Kier alpha value is -5.06. The molecule has 0 saturated carbocycles. The summed E-state index contributed by atoms with van der Waals surface area (Å²) >= 11 is 0. The fourth-order valence-corrected chi connectivity index (χ4v) is 2.80. The molecule has 0 fully saturated rings. The van der Waals surface area contributed by atoms with Gasteiger partial charge in [-0.05, 0) is 30.3 Å². The summed E-state index contributed by atoms with van der Waals surface area (Å²) in [5.41, 5.74) is 3.98. The van der Waals surface area contributed by atoms with Gasteiger partial charge >= 0.3 is 5.69 Å². The Balaban J connectivity index is 1.59. The molecule has 0 bridgehead atoms. The van der Waals surface area contributed by atoms with Crippen molar-refractivity contribution in [3.8, 4) is 5.75 Å². The van der Waals surface area contributed by atoms with Crippen LogP contribution in [0.15, 0.2) is 84.0 Å². The molecule has 0 unspecified atom stereocenters. The Bertz CT molecular complexity index is 1220. The van der Waals surface area contributed by atoms with Crippen LogP contribution in [-0.2, 0) is 0 Å². The Morgan fingerprint density at radius 2 is 1.33 bits per heavy atom. The summed E-state index contributed by atoms with van der Waals surface area (Å²) in [6.45, 7) is 0. The van der Waals surface area contributed by atoms with Crippen LogP contribution in [0.1, 0.15) is 5.56 Å². The van der Waals surface area contributed by atoms with Gasteiger partial charge in [-0.15, -0.1) is 0 Å². The van der Waals surface area contributed by atoms with E-state index >= 15 is 0 Å². The van der Waals surface area contributed by atoms with Gasteiger partial charge in [0.05, 0.1) is 11.1 Å². The fourth-order valence-electron chi connectivity index (χ4n) is 2.80. The van der Waals surface area contributed by atoms with Gasteiger partial charge in [0.2, 0.25) is 23.6 Å². The summed E-state index contributed by atoms with van der Waals surface area (Å²) in [5, 5.41) is 31.2. The lowest BCUT2D eigenvalue weighted by molar-refractivity contribution is -0.385. The van der Waals surface area contributed by atoms with Gasteiger partial charge in [-0.1, -0.05) is 42.5 Å². The zero-order chi connectivity index (χ0) is 23.0. The number of nitrogens with one attached hydrogen (secondary N) is 3. The molecule has 0 aliphatic heterocycles. The van der Waals surface area contributed by atoms with E-state index in [-0.39, 0.29) is 23.4 Å². The number of aromatic hydroxyl groups is 1. The minimum absolute atomic E-state index is 0.114. The molecule has 33 heavy (non-hydrogen) atoms. The van der Waals surface area contributed by atoms with Crippen molar-refractivity contribution in [2.45, 2.75) is 0 Å². The molecule has 11 heteroatoms. The van der Waals surface area contributed by atoms with Gasteiger partial charge in [-0.25, -0.2) is 5.43 Å². The Morgan fingerprint density at radius 3 is 1.88 bits per heavy atom. The van der Waals surface area contributed by atoms with Crippen LogP contribution in [0.2, 0.25) is 0 Å². The fraction of sp³-hybridized carbons (Fsp3) is 0. The molecule has 3 aromatic carbocycles. The average molecular weight is 442 g/mol. The van der Waals surface area contributed by atoms with Crippen molar-refractivity contribution in [1.82, 2.24) is 15.0 Å². The van der Waals surface area contributed by atoms with E-state index in [4.69, 9.17) is 0 Å². The van der Waals surface area contributed by atoms with Crippen LogP contribution in [0.25, 0.3) is 0 Å². The predicted octanol–water partition coefficient (Wildman–Crippen LogP) is 4.42. The Labute approximate surface area is 188 Å². The van der Waals surface area contributed by atoms with Crippen molar-refractivity contribution in [3.63, 3.8) is 0 Å². The lowest BCUT2D eigenvalue weighted by atomic mass is 10.2. The molecule has 4 N–H and O–H groups in total. The number of para-hydroxylation sites is 3. The predicted molar refractivity (Wildman–Crippen MR) is 125 cm³/mol. The Kier molecular flexibility index (Phi) is 6.31. The number of nitro groups is 1. The number of nitro benzene ring substituents is 1. The number of hydrogen-bond acceptors (Lipinski definition) is 10. The molecule has 0 saturated heterocycles. The minimum atomic E-state index is -0.671. The molecule has 11 nitrogen and oxygen atoms in total. The molecular formula is C22H18N8O3. The van der Waals surface area contributed by atoms with E-state index in [1.165, 1.54) is 24.4 Å². The molecule has 0 atom stereocenters. The van der Waals surface area contributed by atoms with Gasteiger partial charge in [0, 0.05) is 23.0 Å². The normalized spacial score (nSPS) is 10.7. The minimum Gasteiger partial charge on any atom is -0.502 e. The van der Waals surface area contributed by atoms with E-state index in [1.54, 1.807) is 0 Å². The third-order valence-electron chi connectivity index (χ3n) is 4.31. The van der Waals surface area contributed by atoms with Gasteiger partial charge in [0.25, 0.3) is 0 Å². The summed E-state index contributed by atoms with van der Waals surface area (Å²) in [6, 6.07) is 22.9. The maximum atomic E-state index is 11.0. The van der Waals surface area contributed by atoms with Gasteiger partial charge in [0.1, 0.15) is 0 Å². The van der Waals surface area contributed by atoms with Crippen molar-refractivity contribution in [1.29, 1.82) is 0 Å². The summed E-state index contributed by atoms with van der Waals surface area (Å²) < 4.78 is 0. The first-order valence-electron chi connectivity index (χ1n) is 9.74. The SMILES string of the molecule is O=[N+]([O-])c1cccc(/C=N/Nc2nc(Nc3ccccc3)nc(Nc3ccccc3)n2)c1O. The zero-order valence-corrected chi connectivity index (χ0v) is 17.1. The van der Waals surface area contributed by atoms with E-state index in [0.29, 0.717) is 0 Å². The standard InChI is InChI=1S/C22H18N8O3/c31-19-15(8-7-13-18(19)30(32)33)14-23-29-22-27-20(24-16-9-3-1-4-10-16)26-21(28-22)25-17-11-5-2-6-12-17/h1-14,31H,(H3,24,25,26,27,28,29)/b23-14+. The molecule has 1 heterocycles. The number of aromatic nitrogens is 3. The molecule has 164 valence electrons. The molecule has 1 aromatic heterocycles. The van der Waals surface area contributed by atoms with E-state index in [2.05, 4.69) is 36.1 Å². The first-order chi connectivity index (χ1) is 16.1. The third kappa shape index (κ3) is 5.55. The molecule has 0 spiro atoms. The highest BCUT2D eigenvalue weighted by molar-refractivity contribution is 5.85. The van der Waals surface area contributed by atoms with Crippen molar-refractivity contribution in [3.05, 3.63) is 94.5 Å². The van der Waals surface area contributed by atoms with Crippen LogP contribution in [-0.4, -0.2) is 31.2 Å². The van der Waals surface area contributed by atoms with Crippen LogP contribution < -0.4 is 16.1 Å². The number of anilines is 5. The monoisotopic (exact) mass is 442 g/mol. The number of hydrazone groups is 1. The zero-order valence-electron chi connectivity index (χ0n) is 17.1. The molecule has 4 rings (SSSR count). The van der Waals surface area contributed by atoms with Crippen LogP contribution >= 0.6 is 0 Å². The number of phenolic OH excluding ortho intramolecular Hbond substituents is 1. The van der Waals surface area contributed by atoms with Crippen molar-refractivity contribution in [2.75, 3.05) is 16.1 Å². The number of phenols is 1. The first kappa shape index (κ1) is 21.2. The largest absolute Gasteiger partial charge is 0.502 e. The summed E-state index contributed by atoms with van der Waals surface area (Å²) in [6.07, 6.45) is 1.24. The van der Waals surface area contributed by atoms with Gasteiger partial charge in [-0.2, -0.15) is 20.1 Å². The second kappa shape index (κ2) is 9.83. The highest BCUT2D eigenvalue weighted by Gasteiger charge is 2.15. The summed E-state index contributed by atoms with van der Waals surface area (Å²) in [7, 11) is 0. The van der Waals surface area contributed by atoms with E-state index < -0.39 is 16.4 Å². The summed E-state index contributed by atoms with van der Waals surface area (Å²) in [4.78, 5) is 23.3. The molecular weight excluding hydrogens is 424 g/mol. The molecule has 0 amide bonds. The lowest BCUT2D eigenvalue weighted by Gasteiger charge is -2.10. The van der Waals surface area contributed by atoms with E-state index in [9.17, 15) is 15.2 Å². The number of benzene rings is 3. The number of rotatable bonds is 8. The molecule has 0 aliphatic carbocycles. The summed E-state index contributed by atoms with van der Waals surface area (Å²) in [5.74, 6) is 0.167. The first-order valence-corrected chi connectivity index (χ1v) is 9.74. The third-order valence-corrected chi connectivity index (χ3v) is 4.31. The second-order valence-electron chi connectivity index (χ2n) is 6.63. The van der Waals surface area contributed by atoms with E-state index in [1.807, 2.05) is 60.7 Å². The topological polar surface area (TPSA) is 150 Å². The second-order valence-corrected chi connectivity index (χ2v) is 6.63.